The second-order valence-corrected chi connectivity index (χ2v) is 8.22. The van der Waals surface area contributed by atoms with E-state index in [1.54, 1.807) is 0 Å². The van der Waals surface area contributed by atoms with Crippen LogP contribution in [0.2, 0.25) is 0 Å². The van der Waals surface area contributed by atoms with Gasteiger partial charge in [0.05, 0.1) is 6.26 Å². The van der Waals surface area contributed by atoms with E-state index in [0.717, 1.165) is 28.5 Å². The predicted octanol–water partition coefficient (Wildman–Crippen LogP) is 2.97. The van der Waals surface area contributed by atoms with Crippen LogP contribution in [0.3, 0.4) is 0 Å². The number of nitrogens with one attached hydrogen (secondary N) is 1. The number of hydrogen-bond acceptors (Lipinski definition) is 3. The Morgan fingerprint density at radius 3 is 2.50 bits per heavy atom. The first-order valence-electron chi connectivity index (χ1n) is 6.44. The third-order valence-corrected chi connectivity index (χ3v) is 6.15. The van der Waals surface area contributed by atoms with Gasteiger partial charge in [-0.15, -0.1) is 0 Å². The van der Waals surface area contributed by atoms with Crippen LogP contribution in [0.15, 0.2) is 27.1 Å². The lowest BCUT2D eigenvalue weighted by atomic mass is 10.2. The maximum atomic E-state index is 11.4. The van der Waals surface area contributed by atoms with Crippen molar-refractivity contribution >= 4 is 41.9 Å². The van der Waals surface area contributed by atoms with Gasteiger partial charge in [0.1, 0.15) is 0 Å². The Labute approximate surface area is 138 Å². The maximum Gasteiger partial charge on any atom is 0.211 e. The fourth-order valence-electron chi connectivity index (χ4n) is 1.82. The first kappa shape index (κ1) is 18.1. The molecule has 0 saturated carbocycles. The molecule has 1 aromatic rings. The van der Waals surface area contributed by atoms with E-state index in [-0.39, 0.29) is 0 Å². The fraction of sp³-hybridized carbons (Fsp3) is 0.538. The quantitative estimate of drug-likeness (QED) is 0.648. The molecule has 0 radical (unpaired) electrons. The molecule has 0 amide bonds. The molecular weight excluding hydrogens is 408 g/mol. The standard InChI is InChI=1S/C13H20Br2N2O2S/c1-3-17(20(2,18)19)8-4-7-16-10-11-5-6-12(14)13(15)9-11/h5-6,9,16H,3-4,7-8,10H2,1-2H3. The van der Waals surface area contributed by atoms with Crippen LogP contribution in [0.5, 0.6) is 0 Å². The lowest BCUT2D eigenvalue weighted by Gasteiger charge is -2.17. The van der Waals surface area contributed by atoms with E-state index in [2.05, 4.69) is 49.3 Å². The summed E-state index contributed by atoms with van der Waals surface area (Å²) in [6.45, 7) is 4.51. The molecule has 0 atom stereocenters. The maximum absolute atomic E-state index is 11.4. The van der Waals surface area contributed by atoms with Crippen LogP contribution in [0.1, 0.15) is 18.9 Å². The van der Waals surface area contributed by atoms with Gasteiger partial charge in [-0.3, -0.25) is 0 Å². The summed E-state index contributed by atoms with van der Waals surface area (Å²) in [7, 11) is -3.07. The first-order chi connectivity index (χ1) is 9.34. The Hall–Kier alpha value is 0.0500. The first-order valence-corrected chi connectivity index (χ1v) is 9.87. The second-order valence-electron chi connectivity index (χ2n) is 4.53. The minimum Gasteiger partial charge on any atom is -0.313 e. The van der Waals surface area contributed by atoms with Gasteiger partial charge >= 0.3 is 0 Å². The molecule has 1 N–H and O–H groups in total. The minimum absolute atomic E-state index is 0.526. The van der Waals surface area contributed by atoms with Crippen molar-refractivity contribution in [2.45, 2.75) is 19.9 Å². The molecule has 7 heteroatoms. The van der Waals surface area contributed by atoms with Crippen molar-refractivity contribution in [3.05, 3.63) is 32.7 Å². The monoisotopic (exact) mass is 426 g/mol. The lowest BCUT2D eigenvalue weighted by Crippen LogP contribution is -2.32. The summed E-state index contributed by atoms with van der Waals surface area (Å²) in [5.41, 5.74) is 1.19. The topological polar surface area (TPSA) is 49.4 Å². The molecule has 4 nitrogen and oxygen atoms in total. The summed E-state index contributed by atoms with van der Waals surface area (Å²) in [5.74, 6) is 0. The predicted molar refractivity (Wildman–Crippen MR) is 90.3 cm³/mol. The highest BCUT2D eigenvalue weighted by molar-refractivity contribution is 9.13. The zero-order valence-corrected chi connectivity index (χ0v) is 15.7. The molecule has 0 bridgehead atoms. The van der Waals surface area contributed by atoms with Crippen LogP contribution in [0.4, 0.5) is 0 Å². The van der Waals surface area contributed by atoms with Crippen LogP contribution < -0.4 is 5.32 Å². The Kier molecular flexibility index (Phi) is 7.68. The Balaban J connectivity index is 2.30. The Morgan fingerprint density at radius 1 is 1.25 bits per heavy atom. The largest absolute Gasteiger partial charge is 0.313 e. The summed E-state index contributed by atoms with van der Waals surface area (Å²) >= 11 is 6.91. The average molecular weight is 428 g/mol. The molecule has 0 aromatic heterocycles. The van der Waals surface area contributed by atoms with Gasteiger partial charge in [-0.05, 0) is 62.5 Å². The molecule has 0 aliphatic carbocycles. The molecule has 0 fully saturated rings. The van der Waals surface area contributed by atoms with Crippen LogP contribution in [-0.2, 0) is 16.6 Å². The van der Waals surface area contributed by atoms with Gasteiger partial charge in [-0.1, -0.05) is 13.0 Å². The van der Waals surface area contributed by atoms with E-state index in [0.29, 0.717) is 13.1 Å². The highest BCUT2D eigenvalue weighted by Crippen LogP contribution is 2.23. The number of rotatable bonds is 8. The van der Waals surface area contributed by atoms with Crippen LogP contribution in [0, 0.1) is 0 Å². The molecule has 20 heavy (non-hydrogen) atoms. The highest BCUT2D eigenvalue weighted by Gasteiger charge is 2.12. The zero-order valence-electron chi connectivity index (χ0n) is 11.7. The Bertz CT molecular complexity index is 535. The molecule has 0 aliphatic heterocycles. The van der Waals surface area contributed by atoms with Crippen molar-refractivity contribution in [1.82, 2.24) is 9.62 Å². The molecule has 1 rings (SSSR count). The van der Waals surface area contributed by atoms with Gasteiger partial charge in [-0.2, -0.15) is 0 Å². The van der Waals surface area contributed by atoms with Gasteiger partial charge in [0.25, 0.3) is 0 Å². The SMILES string of the molecule is CCN(CCCNCc1ccc(Br)c(Br)c1)S(C)(=O)=O. The molecule has 1 aromatic carbocycles. The second kappa shape index (κ2) is 8.48. The van der Waals surface area contributed by atoms with E-state index < -0.39 is 10.0 Å². The third kappa shape index (κ3) is 6.22. The summed E-state index contributed by atoms with van der Waals surface area (Å²) in [4.78, 5) is 0. The summed E-state index contributed by atoms with van der Waals surface area (Å²) in [6.07, 6.45) is 2.06. The van der Waals surface area contributed by atoms with E-state index >= 15 is 0 Å². The smallest absolute Gasteiger partial charge is 0.211 e. The summed E-state index contributed by atoms with van der Waals surface area (Å²) < 4.78 is 26.4. The van der Waals surface area contributed by atoms with Gasteiger partial charge in [-0.25, -0.2) is 12.7 Å². The molecule has 0 unspecified atom stereocenters. The van der Waals surface area contributed by atoms with Crippen molar-refractivity contribution < 1.29 is 8.42 Å². The van der Waals surface area contributed by atoms with E-state index in [1.807, 2.05) is 13.0 Å². The van der Waals surface area contributed by atoms with Crippen LogP contribution in [-0.4, -0.2) is 38.6 Å². The molecule has 0 saturated heterocycles. The Morgan fingerprint density at radius 2 is 1.95 bits per heavy atom. The van der Waals surface area contributed by atoms with Crippen molar-refractivity contribution in [1.29, 1.82) is 0 Å². The molecule has 0 aliphatic rings. The van der Waals surface area contributed by atoms with Crippen molar-refractivity contribution in [2.75, 3.05) is 25.9 Å². The van der Waals surface area contributed by atoms with Crippen molar-refractivity contribution in [3.8, 4) is 0 Å². The van der Waals surface area contributed by atoms with Crippen LogP contribution in [0.25, 0.3) is 0 Å². The molecular formula is C13H20Br2N2O2S. The number of halogens is 2. The van der Waals surface area contributed by atoms with E-state index in [1.165, 1.54) is 16.1 Å². The minimum atomic E-state index is -3.07. The van der Waals surface area contributed by atoms with Crippen molar-refractivity contribution in [2.24, 2.45) is 0 Å². The number of nitrogens with zero attached hydrogens (tertiary/aromatic N) is 1. The number of benzene rings is 1. The summed E-state index contributed by atoms with van der Waals surface area (Å²) in [6, 6.07) is 6.12. The number of hydrogen-bond donors (Lipinski definition) is 1. The fourth-order valence-corrected chi connectivity index (χ4v) is 3.42. The van der Waals surface area contributed by atoms with Crippen LogP contribution >= 0.6 is 31.9 Å². The highest BCUT2D eigenvalue weighted by atomic mass is 79.9. The molecule has 114 valence electrons. The van der Waals surface area contributed by atoms with Gasteiger partial charge in [0.2, 0.25) is 10.0 Å². The normalized spacial score (nSPS) is 12.1. The lowest BCUT2D eigenvalue weighted by molar-refractivity contribution is 0.419. The average Bonchev–Trinajstić information content (AvgIpc) is 2.36. The summed E-state index contributed by atoms with van der Waals surface area (Å²) in [5, 5.41) is 3.32. The van der Waals surface area contributed by atoms with Gasteiger partial charge < -0.3 is 5.32 Å². The van der Waals surface area contributed by atoms with Gasteiger partial charge in [0, 0.05) is 28.6 Å². The number of sulfonamides is 1. The zero-order chi connectivity index (χ0) is 15.2. The van der Waals surface area contributed by atoms with E-state index in [9.17, 15) is 8.42 Å². The third-order valence-electron chi connectivity index (χ3n) is 2.90. The molecule has 0 heterocycles. The van der Waals surface area contributed by atoms with Gasteiger partial charge in [0.15, 0.2) is 0 Å². The van der Waals surface area contributed by atoms with E-state index in [4.69, 9.17) is 0 Å². The van der Waals surface area contributed by atoms with Crippen molar-refractivity contribution in [3.63, 3.8) is 0 Å². The molecule has 0 spiro atoms.